The molecule has 1 atom stereocenters. The fourth-order valence-corrected chi connectivity index (χ4v) is 1.31. The number of carbonyl (C=O) groups is 2. The van der Waals surface area contributed by atoms with Crippen molar-refractivity contribution in [3.05, 3.63) is 23.8 Å². The van der Waals surface area contributed by atoms with Crippen LogP contribution in [0.5, 0.6) is 11.5 Å². The molecule has 6 heteroatoms. The van der Waals surface area contributed by atoms with E-state index < -0.39 is 17.9 Å². The maximum atomic E-state index is 11.6. The van der Waals surface area contributed by atoms with Crippen LogP contribution in [-0.2, 0) is 4.79 Å². The SMILES string of the molecule is CC[C@@H](NC(=O)c1cc(O)cc(O)c1)C(=O)O. The summed E-state index contributed by atoms with van der Waals surface area (Å²) in [6.07, 6.45) is 0.242. The predicted octanol–water partition coefficient (Wildman–Crippen LogP) is 0.691. The molecular formula is C11H13NO5. The van der Waals surface area contributed by atoms with Crippen molar-refractivity contribution in [3.63, 3.8) is 0 Å². The van der Waals surface area contributed by atoms with E-state index in [1.54, 1.807) is 6.92 Å². The average Bonchev–Trinajstić information content (AvgIpc) is 2.23. The normalized spacial score (nSPS) is 11.8. The summed E-state index contributed by atoms with van der Waals surface area (Å²) in [5, 5.41) is 29.4. The second kappa shape index (κ2) is 5.20. The molecule has 4 N–H and O–H groups in total. The van der Waals surface area contributed by atoms with Crippen molar-refractivity contribution in [1.82, 2.24) is 5.32 Å². The molecule has 1 aromatic rings. The van der Waals surface area contributed by atoms with Crippen LogP contribution >= 0.6 is 0 Å². The monoisotopic (exact) mass is 239 g/mol. The Morgan fingerprint density at radius 1 is 1.24 bits per heavy atom. The van der Waals surface area contributed by atoms with E-state index in [9.17, 15) is 19.8 Å². The van der Waals surface area contributed by atoms with E-state index >= 15 is 0 Å². The van der Waals surface area contributed by atoms with Gasteiger partial charge in [-0.3, -0.25) is 4.79 Å². The fraction of sp³-hybridized carbons (Fsp3) is 0.273. The highest BCUT2D eigenvalue weighted by Crippen LogP contribution is 2.20. The van der Waals surface area contributed by atoms with E-state index in [2.05, 4.69) is 5.32 Å². The molecule has 1 rings (SSSR count). The average molecular weight is 239 g/mol. The van der Waals surface area contributed by atoms with Crippen LogP contribution in [0.2, 0.25) is 0 Å². The topological polar surface area (TPSA) is 107 Å². The number of rotatable bonds is 4. The minimum atomic E-state index is -1.13. The molecular weight excluding hydrogens is 226 g/mol. The van der Waals surface area contributed by atoms with Crippen molar-refractivity contribution in [2.24, 2.45) is 0 Å². The maximum absolute atomic E-state index is 11.6. The molecule has 1 amide bonds. The second-order valence-corrected chi connectivity index (χ2v) is 3.51. The number of aromatic hydroxyl groups is 2. The van der Waals surface area contributed by atoms with Crippen LogP contribution in [0.3, 0.4) is 0 Å². The van der Waals surface area contributed by atoms with Crippen molar-refractivity contribution >= 4 is 11.9 Å². The summed E-state index contributed by atoms with van der Waals surface area (Å²) in [7, 11) is 0. The highest BCUT2D eigenvalue weighted by molar-refractivity contribution is 5.97. The van der Waals surface area contributed by atoms with Crippen LogP contribution in [-0.4, -0.2) is 33.2 Å². The molecule has 0 aromatic heterocycles. The number of carboxylic acids is 1. The van der Waals surface area contributed by atoms with Gasteiger partial charge in [0.15, 0.2) is 0 Å². The third-order valence-corrected chi connectivity index (χ3v) is 2.18. The van der Waals surface area contributed by atoms with Gasteiger partial charge in [-0.15, -0.1) is 0 Å². The standard InChI is InChI=1S/C11H13NO5/c1-2-9(11(16)17)12-10(15)6-3-7(13)5-8(14)4-6/h3-5,9,13-14H,2H2,1H3,(H,12,15)(H,16,17)/t9-/m1/s1. The molecule has 0 unspecified atom stereocenters. The zero-order valence-corrected chi connectivity index (χ0v) is 9.17. The summed E-state index contributed by atoms with van der Waals surface area (Å²) < 4.78 is 0. The minimum absolute atomic E-state index is 0.00204. The second-order valence-electron chi connectivity index (χ2n) is 3.51. The van der Waals surface area contributed by atoms with Gasteiger partial charge in [0.25, 0.3) is 5.91 Å². The molecule has 0 saturated heterocycles. The Labute approximate surface area is 97.5 Å². The molecule has 0 aliphatic rings. The molecule has 0 fully saturated rings. The molecule has 0 radical (unpaired) electrons. The number of benzene rings is 1. The number of hydrogen-bond acceptors (Lipinski definition) is 4. The van der Waals surface area contributed by atoms with Gasteiger partial charge in [0.2, 0.25) is 0 Å². The Hall–Kier alpha value is -2.24. The predicted molar refractivity (Wildman–Crippen MR) is 59.0 cm³/mol. The first-order valence-corrected chi connectivity index (χ1v) is 5.00. The molecule has 0 spiro atoms. The first-order chi connectivity index (χ1) is 7.93. The lowest BCUT2D eigenvalue weighted by molar-refractivity contribution is -0.139. The van der Waals surface area contributed by atoms with Crippen molar-refractivity contribution < 1.29 is 24.9 Å². The molecule has 6 nitrogen and oxygen atoms in total. The molecule has 0 aliphatic heterocycles. The quantitative estimate of drug-likeness (QED) is 0.618. The summed E-state index contributed by atoms with van der Waals surface area (Å²) in [4.78, 5) is 22.3. The number of carboxylic acid groups (broad SMARTS) is 1. The van der Waals surface area contributed by atoms with Gasteiger partial charge in [0.05, 0.1) is 0 Å². The maximum Gasteiger partial charge on any atom is 0.326 e. The Kier molecular flexibility index (Phi) is 3.92. The van der Waals surface area contributed by atoms with E-state index in [0.717, 1.165) is 18.2 Å². The highest BCUT2D eigenvalue weighted by atomic mass is 16.4. The van der Waals surface area contributed by atoms with Gasteiger partial charge in [0, 0.05) is 11.6 Å². The van der Waals surface area contributed by atoms with Gasteiger partial charge < -0.3 is 20.6 Å². The van der Waals surface area contributed by atoms with Crippen molar-refractivity contribution in [3.8, 4) is 11.5 Å². The van der Waals surface area contributed by atoms with Gasteiger partial charge in [-0.2, -0.15) is 0 Å². The molecule has 17 heavy (non-hydrogen) atoms. The van der Waals surface area contributed by atoms with Crippen LogP contribution in [0.1, 0.15) is 23.7 Å². The molecule has 0 bridgehead atoms. The summed E-state index contributed by atoms with van der Waals surface area (Å²) in [6.45, 7) is 1.62. The Bertz CT molecular complexity index is 423. The van der Waals surface area contributed by atoms with Crippen LogP contribution in [0.4, 0.5) is 0 Å². The van der Waals surface area contributed by atoms with Crippen LogP contribution < -0.4 is 5.32 Å². The summed E-state index contributed by atoms with van der Waals surface area (Å²) >= 11 is 0. The summed E-state index contributed by atoms with van der Waals surface area (Å²) in [6, 6.07) is 2.37. The Morgan fingerprint density at radius 2 is 1.76 bits per heavy atom. The third-order valence-electron chi connectivity index (χ3n) is 2.18. The van der Waals surface area contributed by atoms with E-state index in [0.29, 0.717) is 0 Å². The lowest BCUT2D eigenvalue weighted by atomic mass is 10.1. The van der Waals surface area contributed by atoms with Gasteiger partial charge in [-0.1, -0.05) is 6.92 Å². The van der Waals surface area contributed by atoms with Crippen molar-refractivity contribution in [2.75, 3.05) is 0 Å². The number of phenolic OH excluding ortho intramolecular Hbond substituents is 2. The van der Waals surface area contributed by atoms with E-state index in [1.165, 1.54) is 0 Å². The van der Waals surface area contributed by atoms with E-state index in [4.69, 9.17) is 5.11 Å². The van der Waals surface area contributed by atoms with Crippen LogP contribution in [0, 0.1) is 0 Å². The number of nitrogens with one attached hydrogen (secondary N) is 1. The van der Waals surface area contributed by atoms with Crippen LogP contribution in [0.25, 0.3) is 0 Å². The largest absolute Gasteiger partial charge is 0.508 e. The first kappa shape index (κ1) is 12.8. The lowest BCUT2D eigenvalue weighted by Gasteiger charge is -2.12. The number of aliphatic carboxylic acids is 1. The van der Waals surface area contributed by atoms with Gasteiger partial charge in [-0.25, -0.2) is 4.79 Å². The molecule has 92 valence electrons. The Morgan fingerprint density at radius 3 is 2.18 bits per heavy atom. The van der Waals surface area contributed by atoms with Crippen molar-refractivity contribution in [2.45, 2.75) is 19.4 Å². The minimum Gasteiger partial charge on any atom is -0.508 e. The van der Waals surface area contributed by atoms with Crippen LogP contribution in [0.15, 0.2) is 18.2 Å². The first-order valence-electron chi connectivity index (χ1n) is 5.00. The van der Waals surface area contributed by atoms with Gasteiger partial charge in [-0.05, 0) is 18.6 Å². The fourth-order valence-electron chi connectivity index (χ4n) is 1.31. The highest BCUT2D eigenvalue weighted by Gasteiger charge is 2.19. The smallest absolute Gasteiger partial charge is 0.326 e. The van der Waals surface area contributed by atoms with E-state index in [-0.39, 0.29) is 23.5 Å². The summed E-state index contributed by atoms with van der Waals surface area (Å²) in [5.74, 6) is -2.33. The number of carbonyl (C=O) groups excluding carboxylic acids is 1. The molecule has 0 aliphatic carbocycles. The van der Waals surface area contributed by atoms with Gasteiger partial charge in [0.1, 0.15) is 17.5 Å². The zero-order chi connectivity index (χ0) is 13.0. The molecule has 0 saturated carbocycles. The van der Waals surface area contributed by atoms with Crippen molar-refractivity contribution in [1.29, 1.82) is 0 Å². The number of amides is 1. The summed E-state index contributed by atoms with van der Waals surface area (Å²) in [5.41, 5.74) is 0.00204. The van der Waals surface area contributed by atoms with Gasteiger partial charge >= 0.3 is 5.97 Å². The number of phenols is 2. The lowest BCUT2D eigenvalue weighted by Crippen LogP contribution is -2.40. The zero-order valence-electron chi connectivity index (χ0n) is 9.17. The number of hydrogen-bond donors (Lipinski definition) is 4. The third kappa shape index (κ3) is 3.37. The molecule has 1 aromatic carbocycles. The Balaban J connectivity index is 2.86. The molecule has 0 heterocycles. The van der Waals surface area contributed by atoms with E-state index in [1.807, 2.05) is 0 Å².